The number of rotatable bonds is 4. The summed E-state index contributed by atoms with van der Waals surface area (Å²) in [6.45, 7) is 4.42. The highest BCUT2D eigenvalue weighted by Crippen LogP contribution is 2.09. The maximum absolute atomic E-state index is 11.5. The van der Waals surface area contributed by atoms with E-state index >= 15 is 0 Å². The van der Waals surface area contributed by atoms with Gasteiger partial charge < -0.3 is 9.47 Å². The van der Waals surface area contributed by atoms with E-state index in [9.17, 15) is 4.79 Å². The van der Waals surface area contributed by atoms with Crippen molar-refractivity contribution in [2.45, 2.75) is 19.1 Å². The van der Waals surface area contributed by atoms with Crippen molar-refractivity contribution in [3.8, 4) is 0 Å². The van der Waals surface area contributed by atoms with Gasteiger partial charge in [0.25, 0.3) is 5.91 Å². The molecular weight excluding hydrogens is 198 g/mol. The standard InChI is InChI=1S/C9H19N3O3/c1-7-5-12(3-4-15-7)8(6-14-2)9(13)11-10/h7-8H,3-6,10H2,1-2H3,(H,11,13). The molecule has 6 heteroatoms. The van der Waals surface area contributed by atoms with Gasteiger partial charge in [-0.1, -0.05) is 0 Å². The van der Waals surface area contributed by atoms with Gasteiger partial charge in [0, 0.05) is 20.2 Å². The number of morpholine rings is 1. The van der Waals surface area contributed by atoms with Gasteiger partial charge in [-0.3, -0.25) is 15.1 Å². The highest BCUT2D eigenvalue weighted by Gasteiger charge is 2.29. The third-order valence-corrected chi connectivity index (χ3v) is 2.48. The van der Waals surface area contributed by atoms with Crippen molar-refractivity contribution >= 4 is 5.91 Å². The van der Waals surface area contributed by atoms with E-state index in [2.05, 4.69) is 5.43 Å². The van der Waals surface area contributed by atoms with Crippen LogP contribution in [-0.4, -0.2) is 56.4 Å². The first-order chi connectivity index (χ1) is 7.19. The van der Waals surface area contributed by atoms with E-state index in [0.29, 0.717) is 13.2 Å². The van der Waals surface area contributed by atoms with Gasteiger partial charge in [-0.15, -0.1) is 0 Å². The molecule has 6 nitrogen and oxygen atoms in total. The van der Waals surface area contributed by atoms with E-state index in [1.165, 1.54) is 0 Å². The Morgan fingerprint density at radius 1 is 1.80 bits per heavy atom. The molecule has 0 saturated carbocycles. The normalized spacial score (nSPS) is 24.9. The maximum atomic E-state index is 11.5. The third-order valence-electron chi connectivity index (χ3n) is 2.48. The largest absolute Gasteiger partial charge is 0.383 e. The fraction of sp³-hybridized carbons (Fsp3) is 0.889. The summed E-state index contributed by atoms with van der Waals surface area (Å²) in [7, 11) is 1.57. The van der Waals surface area contributed by atoms with Crippen LogP contribution in [0.5, 0.6) is 0 Å². The number of hydrogen-bond donors (Lipinski definition) is 2. The minimum atomic E-state index is -0.327. The lowest BCUT2D eigenvalue weighted by atomic mass is 10.2. The van der Waals surface area contributed by atoms with Gasteiger partial charge in [-0.25, -0.2) is 5.84 Å². The van der Waals surface area contributed by atoms with Crippen LogP contribution in [0.2, 0.25) is 0 Å². The predicted molar refractivity (Wildman–Crippen MR) is 55.0 cm³/mol. The van der Waals surface area contributed by atoms with Crippen LogP contribution in [0.3, 0.4) is 0 Å². The van der Waals surface area contributed by atoms with E-state index in [1.807, 2.05) is 11.8 Å². The number of hydrogen-bond acceptors (Lipinski definition) is 5. The van der Waals surface area contributed by atoms with Gasteiger partial charge in [0.2, 0.25) is 0 Å². The molecular formula is C9H19N3O3. The molecule has 1 aliphatic heterocycles. The number of amides is 1. The molecule has 3 N–H and O–H groups in total. The van der Waals surface area contributed by atoms with Crippen LogP contribution in [0, 0.1) is 0 Å². The van der Waals surface area contributed by atoms with E-state index in [1.54, 1.807) is 7.11 Å². The average Bonchev–Trinajstić information content (AvgIpc) is 2.25. The smallest absolute Gasteiger partial charge is 0.253 e. The quantitative estimate of drug-likeness (QED) is 0.348. The van der Waals surface area contributed by atoms with E-state index in [-0.39, 0.29) is 18.1 Å². The molecule has 1 heterocycles. The van der Waals surface area contributed by atoms with E-state index < -0.39 is 0 Å². The fourth-order valence-corrected chi connectivity index (χ4v) is 1.73. The summed E-state index contributed by atoms with van der Waals surface area (Å²) in [5, 5.41) is 0. The first kappa shape index (κ1) is 12.4. The topological polar surface area (TPSA) is 76.8 Å². The summed E-state index contributed by atoms with van der Waals surface area (Å²) in [4.78, 5) is 13.5. The molecule has 1 amide bonds. The number of carbonyl (C=O) groups excluding carboxylic acids is 1. The maximum Gasteiger partial charge on any atom is 0.253 e. The molecule has 0 aliphatic carbocycles. The monoisotopic (exact) mass is 217 g/mol. The first-order valence-electron chi connectivity index (χ1n) is 5.04. The van der Waals surface area contributed by atoms with Crippen molar-refractivity contribution in [2.75, 3.05) is 33.4 Å². The molecule has 88 valence electrons. The number of ether oxygens (including phenoxy) is 2. The van der Waals surface area contributed by atoms with Crippen molar-refractivity contribution < 1.29 is 14.3 Å². The van der Waals surface area contributed by atoms with Gasteiger partial charge in [-0.2, -0.15) is 0 Å². The van der Waals surface area contributed by atoms with Crippen LogP contribution in [0.4, 0.5) is 0 Å². The lowest BCUT2D eigenvalue weighted by Crippen LogP contribution is -2.56. The predicted octanol–water partition coefficient (Wildman–Crippen LogP) is -1.29. The Bertz CT molecular complexity index is 213. The summed E-state index contributed by atoms with van der Waals surface area (Å²) < 4.78 is 10.4. The first-order valence-corrected chi connectivity index (χ1v) is 5.04. The van der Waals surface area contributed by atoms with Crippen LogP contribution in [0.1, 0.15) is 6.92 Å². The van der Waals surface area contributed by atoms with Crippen LogP contribution < -0.4 is 11.3 Å². The molecule has 2 unspecified atom stereocenters. The number of nitrogens with two attached hydrogens (primary N) is 1. The highest BCUT2D eigenvalue weighted by atomic mass is 16.5. The Hall–Kier alpha value is -0.690. The Balaban J connectivity index is 2.57. The lowest BCUT2D eigenvalue weighted by Gasteiger charge is -2.35. The summed E-state index contributed by atoms with van der Waals surface area (Å²) in [6, 6.07) is -0.327. The summed E-state index contributed by atoms with van der Waals surface area (Å²) in [6.07, 6.45) is 0.142. The van der Waals surface area contributed by atoms with Crippen molar-refractivity contribution in [1.82, 2.24) is 10.3 Å². The van der Waals surface area contributed by atoms with Crippen LogP contribution in [0.25, 0.3) is 0 Å². The zero-order chi connectivity index (χ0) is 11.3. The molecule has 0 radical (unpaired) electrons. The van der Waals surface area contributed by atoms with Crippen molar-refractivity contribution in [3.05, 3.63) is 0 Å². The molecule has 0 aromatic carbocycles. The van der Waals surface area contributed by atoms with Crippen LogP contribution in [-0.2, 0) is 14.3 Å². The molecule has 1 saturated heterocycles. The number of nitrogens with zero attached hydrogens (tertiary/aromatic N) is 1. The van der Waals surface area contributed by atoms with Crippen LogP contribution in [0.15, 0.2) is 0 Å². The van der Waals surface area contributed by atoms with Gasteiger partial charge in [0.05, 0.1) is 19.3 Å². The molecule has 0 spiro atoms. The molecule has 0 aromatic heterocycles. The molecule has 15 heavy (non-hydrogen) atoms. The second kappa shape index (κ2) is 6.02. The molecule has 1 fully saturated rings. The Labute approximate surface area is 89.7 Å². The molecule has 2 atom stereocenters. The van der Waals surface area contributed by atoms with E-state index in [4.69, 9.17) is 15.3 Å². The number of carbonyl (C=O) groups is 1. The zero-order valence-electron chi connectivity index (χ0n) is 9.23. The van der Waals surface area contributed by atoms with Gasteiger partial charge in [0.1, 0.15) is 6.04 Å². The number of nitrogens with one attached hydrogen (secondary N) is 1. The summed E-state index contributed by atoms with van der Waals surface area (Å²) >= 11 is 0. The minimum absolute atomic E-state index is 0.142. The van der Waals surface area contributed by atoms with Crippen LogP contribution >= 0.6 is 0 Å². The average molecular weight is 217 g/mol. The zero-order valence-corrected chi connectivity index (χ0v) is 9.23. The second-order valence-corrected chi connectivity index (χ2v) is 3.66. The summed E-state index contributed by atoms with van der Waals surface area (Å²) in [5.74, 6) is 4.91. The van der Waals surface area contributed by atoms with Crippen molar-refractivity contribution in [3.63, 3.8) is 0 Å². The van der Waals surface area contributed by atoms with Crippen molar-refractivity contribution in [1.29, 1.82) is 0 Å². The Kier molecular flexibility index (Phi) is 4.97. The molecule has 0 aromatic rings. The van der Waals surface area contributed by atoms with Crippen molar-refractivity contribution in [2.24, 2.45) is 5.84 Å². The molecule has 0 bridgehead atoms. The molecule has 1 rings (SSSR count). The van der Waals surface area contributed by atoms with Gasteiger partial charge in [-0.05, 0) is 6.92 Å². The minimum Gasteiger partial charge on any atom is -0.383 e. The highest BCUT2D eigenvalue weighted by molar-refractivity contribution is 5.81. The second-order valence-electron chi connectivity index (χ2n) is 3.66. The van der Waals surface area contributed by atoms with E-state index in [0.717, 1.165) is 13.1 Å². The number of methoxy groups -OCH3 is 1. The van der Waals surface area contributed by atoms with Gasteiger partial charge in [0.15, 0.2) is 0 Å². The lowest BCUT2D eigenvalue weighted by molar-refractivity contribution is -0.132. The summed E-state index contributed by atoms with van der Waals surface area (Å²) in [5.41, 5.74) is 2.16. The third kappa shape index (κ3) is 3.42. The fourth-order valence-electron chi connectivity index (χ4n) is 1.73. The van der Waals surface area contributed by atoms with Gasteiger partial charge >= 0.3 is 0 Å². The Morgan fingerprint density at radius 3 is 3.07 bits per heavy atom. The Morgan fingerprint density at radius 2 is 2.53 bits per heavy atom. The molecule has 1 aliphatic rings. The number of hydrazine groups is 1. The SMILES string of the molecule is COCC(C(=O)NN)N1CCOC(C)C1.